The normalized spacial score (nSPS) is 15.3. The van der Waals surface area contributed by atoms with Gasteiger partial charge >= 0.3 is 0 Å². The predicted molar refractivity (Wildman–Crippen MR) is 75.2 cm³/mol. The first-order valence-corrected chi connectivity index (χ1v) is 7.27. The summed E-state index contributed by atoms with van der Waals surface area (Å²) in [4.78, 5) is 17.3. The van der Waals surface area contributed by atoms with Crippen molar-refractivity contribution in [2.45, 2.75) is 0 Å². The molecule has 1 aromatic heterocycles. The van der Waals surface area contributed by atoms with E-state index in [1.54, 1.807) is 17.5 Å². The van der Waals surface area contributed by atoms with E-state index in [2.05, 4.69) is 4.98 Å². The number of amidine groups is 1. The first-order valence-electron chi connectivity index (χ1n) is 5.41. The summed E-state index contributed by atoms with van der Waals surface area (Å²) in [6, 6.07) is 6.01. The molecule has 1 aliphatic rings. The van der Waals surface area contributed by atoms with Crippen LogP contribution in [0.2, 0.25) is 0 Å². The maximum atomic E-state index is 12.9. The Balaban J connectivity index is 1.93. The number of aromatic nitrogens is 1. The molecular weight excluding hydrogens is 285 g/mol. The molecule has 1 amide bonds. The molecule has 1 fully saturated rings. The Hall–Kier alpha value is -1.73. The van der Waals surface area contributed by atoms with E-state index in [0.29, 0.717) is 10.8 Å². The average Bonchev–Trinajstić information content (AvgIpc) is 2.98. The van der Waals surface area contributed by atoms with Gasteiger partial charge in [0.25, 0.3) is 0 Å². The Morgan fingerprint density at radius 1 is 1.32 bits per heavy atom. The second kappa shape index (κ2) is 4.75. The van der Waals surface area contributed by atoms with E-state index in [9.17, 15) is 9.18 Å². The number of carbonyl (C=O) groups is 1. The van der Waals surface area contributed by atoms with E-state index < -0.39 is 0 Å². The van der Waals surface area contributed by atoms with Crippen molar-refractivity contribution in [3.05, 3.63) is 35.5 Å². The molecule has 0 spiro atoms. The summed E-state index contributed by atoms with van der Waals surface area (Å²) in [6.45, 7) is 0. The number of nitrogens with one attached hydrogen (secondary N) is 1. The Morgan fingerprint density at radius 3 is 2.68 bits per heavy atom. The van der Waals surface area contributed by atoms with Gasteiger partial charge in [0.05, 0.1) is 11.4 Å². The molecule has 0 atom stereocenters. The molecule has 0 bridgehead atoms. The third-order valence-corrected chi connectivity index (χ3v) is 4.28. The van der Waals surface area contributed by atoms with E-state index in [1.165, 1.54) is 40.1 Å². The number of thioether (sulfide) groups is 1. The Kier molecular flexibility index (Phi) is 3.08. The molecule has 2 aromatic rings. The van der Waals surface area contributed by atoms with E-state index >= 15 is 0 Å². The summed E-state index contributed by atoms with van der Waals surface area (Å²) in [6.07, 6.45) is 0. The van der Waals surface area contributed by atoms with Crippen LogP contribution in [0.25, 0.3) is 11.3 Å². The maximum Gasteiger partial charge on any atom is 0.245 e. The number of halogens is 1. The van der Waals surface area contributed by atoms with Crippen molar-refractivity contribution >= 4 is 39.3 Å². The fourth-order valence-corrected chi connectivity index (χ4v) is 3.31. The lowest BCUT2D eigenvalue weighted by Crippen LogP contribution is -2.28. The lowest BCUT2D eigenvalue weighted by atomic mass is 10.2. The van der Waals surface area contributed by atoms with E-state index in [4.69, 9.17) is 5.41 Å². The Bertz CT molecular complexity index is 637. The molecule has 3 rings (SSSR count). The molecule has 0 radical (unpaired) electrons. The highest BCUT2D eigenvalue weighted by molar-refractivity contribution is 8.15. The van der Waals surface area contributed by atoms with Crippen LogP contribution in [0.4, 0.5) is 9.52 Å². The van der Waals surface area contributed by atoms with Crippen molar-refractivity contribution in [1.29, 1.82) is 5.41 Å². The zero-order chi connectivity index (χ0) is 13.4. The first-order chi connectivity index (χ1) is 9.15. The van der Waals surface area contributed by atoms with Gasteiger partial charge in [-0.15, -0.1) is 11.3 Å². The highest BCUT2D eigenvalue weighted by Gasteiger charge is 2.30. The van der Waals surface area contributed by atoms with E-state index in [-0.39, 0.29) is 22.6 Å². The first kappa shape index (κ1) is 12.3. The topological polar surface area (TPSA) is 57.1 Å². The SMILES string of the molecule is N=C1SCC(=O)N1c1nc(-c2ccc(F)cc2)cs1. The zero-order valence-electron chi connectivity index (χ0n) is 9.59. The molecule has 1 N–H and O–H groups in total. The third kappa shape index (κ3) is 2.26. The largest absolute Gasteiger partial charge is 0.278 e. The summed E-state index contributed by atoms with van der Waals surface area (Å²) >= 11 is 2.49. The lowest BCUT2D eigenvalue weighted by Gasteiger charge is -2.09. The van der Waals surface area contributed by atoms with Crippen LogP contribution < -0.4 is 4.90 Å². The van der Waals surface area contributed by atoms with Gasteiger partial charge in [-0.25, -0.2) is 14.3 Å². The fourth-order valence-electron chi connectivity index (χ4n) is 1.69. The van der Waals surface area contributed by atoms with Crippen LogP contribution in [-0.4, -0.2) is 21.8 Å². The van der Waals surface area contributed by atoms with Gasteiger partial charge in [-0.1, -0.05) is 11.8 Å². The second-order valence-electron chi connectivity index (χ2n) is 3.85. The van der Waals surface area contributed by atoms with Gasteiger partial charge in [-0.3, -0.25) is 10.2 Å². The average molecular weight is 293 g/mol. The molecule has 96 valence electrons. The minimum atomic E-state index is -0.299. The van der Waals surface area contributed by atoms with Crippen molar-refractivity contribution < 1.29 is 9.18 Å². The van der Waals surface area contributed by atoms with E-state index in [1.807, 2.05) is 0 Å². The number of hydrogen-bond acceptors (Lipinski definition) is 5. The highest BCUT2D eigenvalue weighted by atomic mass is 32.2. The van der Waals surface area contributed by atoms with Gasteiger partial charge in [0.15, 0.2) is 10.3 Å². The van der Waals surface area contributed by atoms with Crippen LogP contribution in [0.5, 0.6) is 0 Å². The van der Waals surface area contributed by atoms with Crippen molar-refractivity contribution in [2.24, 2.45) is 0 Å². The minimum Gasteiger partial charge on any atom is -0.278 e. The number of carbonyl (C=O) groups excluding carboxylic acids is 1. The molecule has 1 saturated heterocycles. The van der Waals surface area contributed by atoms with E-state index in [0.717, 1.165) is 5.56 Å². The quantitative estimate of drug-likeness (QED) is 0.926. The molecular formula is C12H8FN3OS2. The molecule has 7 heteroatoms. The maximum absolute atomic E-state index is 12.9. The van der Waals surface area contributed by atoms with Crippen molar-refractivity contribution in [3.8, 4) is 11.3 Å². The summed E-state index contributed by atoms with van der Waals surface area (Å²) in [5.41, 5.74) is 1.47. The molecule has 2 heterocycles. The minimum absolute atomic E-state index is 0.130. The molecule has 0 aliphatic carbocycles. The summed E-state index contributed by atoms with van der Waals surface area (Å²) < 4.78 is 12.9. The van der Waals surface area contributed by atoms with Gasteiger partial charge in [0.1, 0.15) is 5.82 Å². The van der Waals surface area contributed by atoms with Gasteiger partial charge < -0.3 is 0 Å². The van der Waals surface area contributed by atoms with Gasteiger partial charge in [-0.05, 0) is 24.3 Å². The fraction of sp³-hybridized carbons (Fsp3) is 0.0833. The zero-order valence-corrected chi connectivity index (χ0v) is 11.2. The van der Waals surface area contributed by atoms with Gasteiger partial charge in [-0.2, -0.15) is 0 Å². The molecule has 4 nitrogen and oxygen atoms in total. The number of thiazole rings is 1. The highest BCUT2D eigenvalue weighted by Crippen LogP contribution is 2.31. The van der Waals surface area contributed by atoms with Gasteiger partial charge in [0, 0.05) is 10.9 Å². The van der Waals surface area contributed by atoms with Crippen LogP contribution in [0.1, 0.15) is 0 Å². The van der Waals surface area contributed by atoms with Crippen LogP contribution in [-0.2, 0) is 4.79 Å². The molecule has 1 aliphatic heterocycles. The number of amides is 1. The monoisotopic (exact) mass is 293 g/mol. The van der Waals surface area contributed by atoms with Gasteiger partial charge in [0.2, 0.25) is 5.91 Å². The van der Waals surface area contributed by atoms with Crippen LogP contribution in [0.15, 0.2) is 29.6 Å². The standard InChI is InChI=1S/C12H8FN3OS2/c13-8-3-1-7(2-4-8)9-5-19-12(15-9)16-10(17)6-18-11(16)14/h1-5,14H,6H2. The molecule has 0 saturated carbocycles. The predicted octanol–water partition coefficient (Wildman–Crippen LogP) is 2.96. The Morgan fingerprint density at radius 2 is 2.05 bits per heavy atom. The summed E-state index contributed by atoms with van der Waals surface area (Å²) in [7, 11) is 0. The number of rotatable bonds is 2. The summed E-state index contributed by atoms with van der Waals surface area (Å²) in [5, 5.41) is 10.2. The van der Waals surface area contributed by atoms with Crippen molar-refractivity contribution in [3.63, 3.8) is 0 Å². The Labute approximate surface area is 116 Å². The number of nitrogens with zero attached hydrogens (tertiary/aromatic N) is 2. The van der Waals surface area contributed by atoms with Crippen LogP contribution in [0.3, 0.4) is 0 Å². The van der Waals surface area contributed by atoms with Crippen molar-refractivity contribution in [1.82, 2.24) is 4.98 Å². The lowest BCUT2D eigenvalue weighted by molar-refractivity contribution is -0.115. The van der Waals surface area contributed by atoms with Crippen molar-refractivity contribution in [2.75, 3.05) is 10.7 Å². The van der Waals surface area contributed by atoms with Crippen LogP contribution in [0, 0.1) is 11.2 Å². The number of hydrogen-bond donors (Lipinski definition) is 1. The number of benzene rings is 1. The second-order valence-corrected chi connectivity index (χ2v) is 5.65. The number of anilines is 1. The molecule has 1 aromatic carbocycles. The summed E-state index contributed by atoms with van der Waals surface area (Å²) in [5.74, 6) is -0.147. The smallest absolute Gasteiger partial charge is 0.245 e. The third-order valence-electron chi connectivity index (χ3n) is 2.61. The molecule has 0 unspecified atom stereocenters. The molecule has 19 heavy (non-hydrogen) atoms. The van der Waals surface area contributed by atoms with Crippen LogP contribution >= 0.6 is 23.1 Å².